The standard InChI is InChI=1S/C24H24N4O5/c1-15(10-23(30)31)26-22(29)13-28-12-16(11-25-28)27-24(32)33-14-21-19-8-4-2-6-17(19)18-7-3-5-9-20(18)21/h2-9,11-12,15,21H,10,13-14H2,1H3,(H,26,29)(H,27,32)(H,30,31). The number of aromatic nitrogens is 2. The van der Waals surface area contributed by atoms with Crippen molar-refractivity contribution >= 4 is 23.7 Å². The Kier molecular flexibility index (Phi) is 6.39. The molecule has 0 bridgehead atoms. The van der Waals surface area contributed by atoms with Crippen LogP contribution in [0.15, 0.2) is 60.9 Å². The van der Waals surface area contributed by atoms with E-state index in [1.165, 1.54) is 17.1 Å². The molecule has 9 heteroatoms. The largest absolute Gasteiger partial charge is 0.481 e. The van der Waals surface area contributed by atoms with E-state index in [0.29, 0.717) is 5.69 Å². The van der Waals surface area contributed by atoms with Crippen molar-refractivity contribution in [2.45, 2.75) is 31.8 Å². The second kappa shape index (κ2) is 9.56. The second-order valence-electron chi connectivity index (χ2n) is 7.94. The number of nitrogens with one attached hydrogen (secondary N) is 2. The summed E-state index contributed by atoms with van der Waals surface area (Å²) in [6, 6.07) is 15.7. The number of ether oxygens (including phenoxy) is 1. The molecule has 0 spiro atoms. The molecule has 33 heavy (non-hydrogen) atoms. The van der Waals surface area contributed by atoms with Gasteiger partial charge in [0.05, 0.1) is 18.3 Å². The highest BCUT2D eigenvalue weighted by Crippen LogP contribution is 2.44. The average molecular weight is 448 g/mol. The van der Waals surface area contributed by atoms with Gasteiger partial charge in [-0.3, -0.25) is 19.6 Å². The molecule has 9 nitrogen and oxygen atoms in total. The highest BCUT2D eigenvalue weighted by atomic mass is 16.5. The lowest BCUT2D eigenvalue weighted by Gasteiger charge is -2.14. The molecule has 2 aromatic carbocycles. The van der Waals surface area contributed by atoms with Crippen molar-refractivity contribution in [3.8, 4) is 11.1 Å². The third-order valence-corrected chi connectivity index (χ3v) is 5.42. The van der Waals surface area contributed by atoms with Gasteiger partial charge in [-0.25, -0.2) is 4.79 Å². The van der Waals surface area contributed by atoms with Crippen LogP contribution in [-0.4, -0.2) is 45.5 Å². The summed E-state index contributed by atoms with van der Waals surface area (Å²) in [5, 5.41) is 18.0. The number of aliphatic carboxylic acids is 1. The molecule has 3 N–H and O–H groups in total. The number of benzene rings is 2. The first kappa shape index (κ1) is 22.1. The Morgan fingerprint density at radius 2 is 1.73 bits per heavy atom. The number of carbonyl (C=O) groups is 3. The number of anilines is 1. The van der Waals surface area contributed by atoms with Crippen molar-refractivity contribution in [3.63, 3.8) is 0 Å². The van der Waals surface area contributed by atoms with Crippen molar-refractivity contribution in [1.29, 1.82) is 0 Å². The van der Waals surface area contributed by atoms with Crippen molar-refractivity contribution < 1.29 is 24.2 Å². The molecule has 170 valence electrons. The van der Waals surface area contributed by atoms with E-state index in [4.69, 9.17) is 9.84 Å². The van der Waals surface area contributed by atoms with Crippen LogP contribution < -0.4 is 10.6 Å². The van der Waals surface area contributed by atoms with E-state index >= 15 is 0 Å². The molecule has 1 atom stereocenters. The fourth-order valence-electron chi connectivity index (χ4n) is 4.05. The number of rotatable bonds is 8. The number of carboxylic acids is 1. The summed E-state index contributed by atoms with van der Waals surface area (Å²) in [4.78, 5) is 35.1. The Bertz CT molecular complexity index is 1140. The summed E-state index contributed by atoms with van der Waals surface area (Å²) >= 11 is 0. The number of fused-ring (bicyclic) bond motifs is 3. The highest BCUT2D eigenvalue weighted by Gasteiger charge is 2.29. The molecule has 0 aliphatic heterocycles. The molecule has 0 saturated carbocycles. The van der Waals surface area contributed by atoms with Crippen LogP contribution in [0.25, 0.3) is 11.1 Å². The van der Waals surface area contributed by atoms with Crippen LogP contribution in [0.1, 0.15) is 30.4 Å². The van der Waals surface area contributed by atoms with Gasteiger partial charge in [0.25, 0.3) is 0 Å². The van der Waals surface area contributed by atoms with Crippen LogP contribution in [0.2, 0.25) is 0 Å². The maximum absolute atomic E-state index is 12.4. The maximum Gasteiger partial charge on any atom is 0.411 e. The normalized spacial score (nSPS) is 13.0. The lowest BCUT2D eigenvalue weighted by atomic mass is 9.98. The molecular formula is C24H24N4O5. The van der Waals surface area contributed by atoms with Crippen molar-refractivity contribution in [3.05, 3.63) is 72.1 Å². The van der Waals surface area contributed by atoms with Gasteiger partial charge in [0.15, 0.2) is 0 Å². The van der Waals surface area contributed by atoms with E-state index in [-0.39, 0.29) is 31.4 Å². The van der Waals surface area contributed by atoms with Gasteiger partial charge in [0, 0.05) is 18.2 Å². The Morgan fingerprint density at radius 1 is 1.09 bits per heavy atom. The SMILES string of the molecule is CC(CC(=O)O)NC(=O)Cn1cc(NC(=O)OCC2c3ccccc3-c3ccccc32)cn1. The van der Waals surface area contributed by atoms with Gasteiger partial charge >= 0.3 is 12.1 Å². The number of carbonyl (C=O) groups excluding carboxylic acids is 2. The molecule has 0 radical (unpaired) electrons. The van der Waals surface area contributed by atoms with Crippen LogP contribution in [0, 0.1) is 0 Å². The molecule has 1 aliphatic rings. The Hall–Kier alpha value is -4.14. The topological polar surface area (TPSA) is 123 Å². The van der Waals surface area contributed by atoms with E-state index < -0.39 is 18.1 Å². The quantitative estimate of drug-likeness (QED) is 0.486. The summed E-state index contributed by atoms with van der Waals surface area (Å²) in [6.07, 6.45) is 2.13. The zero-order valence-corrected chi connectivity index (χ0v) is 18.0. The number of nitrogens with zero attached hydrogens (tertiary/aromatic N) is 2. The molecule has 1 unspecified atom stereocenters. The van der Waals surface area contributed by atoms with E-state index in [2.05, 4.69) is 27.9 Å². The molecule has 0 saturated heterocycles. The van der Waals surface area contributed by atoms with Gasteiger partial charge in [-0.05, 0) is 29.2 Å². The van der Waals surface area contributed by atoms with Gasteiger partial charge in [0.2, 0.25) is 5.91 Å². The number of carboxylic acid groups (broad SMARTS) is 1. The minimum atomic E-state index is -0.989. The van der Waals surface area contributed by atoms with E-state index in [1.54, 1.807) is 6.92 Å². The van der Waals surface area contributed by atoms with E-state index in [0.717, 1.165) is 22.3 Å². The molecule has 4 rings (SSSR count). The zero-order valence-electron chi connectivity index (χ0n) is 18.0. The van der Waals surface area contributed by atoms with Crippen LogP contribution in [-0.2, 0) is 20.9 Å². The minimum Gasteiger partial charge on any atom is -0.481 e. The number of hydrogen-bond acceptors (Lipinski definition) is 5. The van der Waals surface area contributed by atoms with Gasteiger partial charge in [-0.15, -0.1) is 0 Å². The average Bonchev–Trinajstić information content (AvgIpc) is 3.33. The number of amides is 2. The van der Waals surface area contributed by atoms with Crippen LogP contribution >= 0.6 is 0 Å². The molecule has 1 aromatic heterocycles. The molecule has 2 amide bonds. The predicted octanol–water partition coefficient (Wildman–Crippen LogP) is 3.22. The van der Waals surface area contributed by atoms with Crippen LogP contribution in [0.5, 0.6) is 0 Å². The highest BCUT2D eigenvalue weighted by molar-refractivity contribution is 5.85. The van der Waals surface area contributed by atoms with Crippen LogP contribution in [0.4, 0.5) is 10.5 Å². The monoisotopic (exact) mass is 448 g/mol. The summed E-state index contributed by atoms with van der Waals surface area (Å²) in [6.45, 7) is 1.70. The predicted molar refractivity (Wildman–Crippen MR) is 121 cm³/mol. The van der Waals surface area contributed by atoms with Crippen molar-refractivity contribution in [1.82, 2.24) is 15.1 Å². The summed E-state index contributed by atoms with van der Waals surface area (Å²) in [5.41, 5.74) is 4.95. The molecule has 1 heterocycles. The maximum atomic E-state index is 12.4. The lowest BCUT2D eigenvalue weighted by Crippen LogP contribution is -2.36. The fraction of sp³-hybridized carbons (Fsp3) is 0.250. The first-order valence-corrected chi connectivity index (χ1v) is 10.6. The molecule has 0 fully saturated rings. The molecule has 1 aliphatic carbocycles. The first-order chi connectivity index (χ1) is 15.9. The van der Waals surface area contributed by atoms with Gasteiger partial charge < -0.3 is 15.2 Å². The van der Waals surface area contributed by atoms with E-state index in [9.17, 15) is 14.4 Å². The Labute approximate surface area is 190 Å². The third-order valence-electron chi connectivity index (χ3n) is 5.42. The molecule has 3 aromatic rings. The van der Waals surface area contributed by atoms with Gasteiger partial charge in [-0.1, -0.05) is 48.5 Å². The zero-order chi connectivity index (χ0) is 23.4. The third kappa shape index (κ3) is 5.20. The van der Waals surface area contributed by atoms with Crippen molar-refractivity contribution in [2.24, 2.45) is 0 Å². The van der Waals surface area contributed by atoms with E-state index in [1.807, 2.05) is 36.4 Å². The second-order valence-corrected chi connectivity index (χ2v) is 7.94. The fourth-order valence-corrected chi connectivity index (χ4v) is 4.05. The van der Waals surface area contributed by atoms with Crippen molar-refractivity contribution in [2.75, 3.05) is 11.9 Å². The summed E-state index contributed by atoms with van der Waals surface area (Å²) in [5.74, 6) is -1.40. The lowest BCUT2D eigenvalue weighted by molar-refractivity contribution is -0.137. The Morgan fingerprint density at radius 3 is 2.36 bits per heavy atom. The van der Waals surface area contributed by atoms with Gasteiger partial charge in [-0.2, -0.15) is 5.10 Å². The smallest absolute Gasteiger partial charge is 0.411 e. The summed E-state index contributed by atoms with van der Waals surface area (Å²) < 4.78 is 6.85. The minimum absolute atomic E-state index is 0.0395. The van der Waals surface area contributed by atoms with Gasteiger partial charge in [0.1, 0.15) is 13.2 Å². The first-order valence-electron chi connectivity index (χ1n) is 10.6. The number of hydrogen-bond donors (Lipinski definition) is 3. The molecular weight excluding hydrogens is 424 g/mol. The summed E-state index contributed by atoms with van der Waals surface area (Å²) in [7, 11) is 0. The Balaban J connectivity index is 1.31. The van der Waals surface area contributed by atoms with Crippen LogP contribution in [0.3, 0.4) is 0 Å².